The molecule has 1 heterocycles. The maximum absolute atomic E-state index is 9.32. The summed E-state index contributed by atoms with van der Waals surface area (Å²) in [6.07, 6.45) is 0.594. The summed E-state index contributed by atoms with van der Waals surface area (Å²) in [5.74, 6) is 0. The van der Waals surface area contributed by atoms with Crippen LogP contribution in [0.3, 0.4) is 0 Å². The van der Waals surface area contributed by atoms with Crippen LogP contribution < -0.4 is 0 Å². The summed E-state index contributed by atoms with van der Waals surface area (Å²) >= 11 is 0. The molecule has 0 aromatic heterocycles. The molecule has 1 fully saturated rings. The van der Waals surface area contributed by atoms with Crippen LogP contribution in [0.1, 0.15) is 12.5 Å². The molecule has 0 aliphatic carbocycles. The molecular formula is C12H19NO4S. The lowest BCUT2D eigenvalue weighted by Crippen LogP contribution is -2.57. The smallest absolute Gasteiger partial charge is 0.261 e. The Balaban J connectivity index is 0.000000280. The predicted molar refractivity (Wildman–Crippen MR) is 69.8 cm³/mol. The van der Waals surface area contributed by atoms with E-state index in [1.54, 1.807) is 0 Å². The van der Waals surface area contributed by atoms with Gasteiger partial charge in [0.2, 0.25) is 0 Å². The Labute approximate surface area is 108 Å². The van der Waals surface area contributed by atoms with Crippen molar-refractivity contribution >= 4 is 10.1 Å². The molecule has 0 amide bonds. The fourth-order valence-electron chi connectivity index (χ4n) is 1.69. The Morgan fingerprint density at radius 1 is 1.33 bits per heavy atom. The van der Waals surface area contributed by atoms with Crippen molar-refractivity contribution < 1.29 is 18.1 Å². The number of aliphatic hydroxyl groups excluding tert-OH is 1. The van der Waals surface area contributed by atoms with E-state index in [0.29, 0.717) is 12.3 Å². The fourth-order valence-corrected chi connectivity index (χ4v) is 1.69. The molecule has 18 heavy (non-hydrogen) atoms. The highest BCUT2D eigenvalue weighted by Gasteiger charge is 2.33. The molecular weight excluding hydrogens is 254 g/mol. The van der Waals surface area contributed by atoms with Crippen LogP contribution in [0.5, 0.6) is 0 Å². The maximum atomic E-state index is 9.32. The largest absolute Gasteiger partial charge is 0.390 e. The fraction of sp³-hybridized carbons (Fsp3) is 0.500. The Morgan fingerprint density at radius 2 is 1.83 bits per heavy atom. The number of benzene rings is 1. The summed E-state index contributed by atoms with van der Waals surface area (Å²) in [7, 11) is -3.67. The molecule has 2 unspecified atom stereocenters. The number of nitrogens with zero attached hydrogens (tertiary/aromatic N) is 1. The van der Waals surface area contributed by atoms with E-state index in [9.17, 15) is 13.5 Å². The Bertz CT molecular complexity index is 452. The molecule has 5 nitrogen and oxygen atoms in total. The van der Waals surface area contributed by atoms with E-state index >= 15 is 0 Å². The molecule has 102 valence electrons. The first-order valence-corrected chi connectivity index (χ1v) is 7.50. The number of β-amino-alcohol motifs (C(OH)–C–C–N with tert-alkyl or cyclic N) is 1. The third-order valence-corrected chi connectivity index (χ3v) is 2.78. The van der Waals surface area contributed by atoms with E-state index in [2.05, 4.69) is 36.1 Å². The molecule has 2 N–H and O–H groups in total. The van der Waals surface area contributed by atoms with Crippen LogP contribution in [0.4, 0.5) is 0 Å². The average molecular weight is 273 g/mol. The van der Waals surface area contributed by atoms with Gasteiger partial charge in [0.15, 0.2) is 0 Å². The zero-order chi connectivity index (χ0) is 13.8. The van der Waals surface area contributed by atoms with Gasteiger partial charge >= 0.3 is 0 Å². The minimum Gasteiger partial charge on any atom is -0.390 e. The minimum atomic E-state index is -3.67. The van der Waals surface area contributed by atoms with Crippen molar-refractivity contribution in [3.63, 3.8) is 0 Å². The predicted octanol–water partition coefficient (Wildman–Crippen LogP) is 0.756. The summed E-state index contributed by atoms with van der Waals surface area (Å²) in [5, 5.41) is 9.32. The molecule has 2 atom stereocenters. The monoisotopic (exact) mass is 273 g/mol. The van der Waals surface area contributed by atoms with Gasteiger partial charge in [-0.05, 0) is 12.5 Å². The molecule has 0 bridgehead atoms. The van der Waals surface area contributed by atoms with Crippen LogP contribution in [0.2, 0.25) is 0 Å². The second-order valence-corrected chi connectivity index (χ2v) is 5.92. The van der Waals surface area contributed by atoms with Crippen LogP contribution in [-0.2, 0) is 16.7 Å². The van der Waals surface area contributed by atoms with Gasteiger partial charge < -0.3 is 5.11 Å². The number of aliphatic hydroxyl groups is 1. The first-order valence-electron chi connectivity index (χ1n) is 5.66. The molecule has 0 spiro atoms. The molecule has 2 rings (SSSR count). The van der Waals surface area contributed by atoms with Gasteiger partial charge in [0.25, 0.3) is 10.1 Å². The van der Waals surface area contributed by atoms with Gasteiger partial charge in [-0.2, -0.15) is 8.42 Å². The van der Waals surface area contributed by atoms with Gasteiger partial charge in [-0.15, -0.1) is 0 Å². The zero-order valence-electron chi connectivity index (χ0n) is 10.5. The van der Waals surface area contributed by atoms with Gasteiger partial charge in [-0.1, -0.05) is 30.3 Å². The molecule has 1 saturated heterocycles. The summed E-state index contributed by atoms with van der Waals surface area (Å²) in [5.41, 5.74) is 1.32. The quantitative estimate of drug-likeness (QED) is 0.778. The third-order valence-electron chi connectivity index (χ3n) is 2.78. The lowest BCUT2D eigenvalue weighted by Gasteiger charge is -2.43. The van der Waals surface area contributed by atoms with Gasteiger partial charge in [-0.3, -0.25) is 9.45 Å². The van der Waals surface area contributed by atoms with Crippen LogP contribution in [0.15, 0.2) is 30.3 Å². The topological polar surface area (TPSA) is 77.8 Å². The van der Waals surface area contributed by atoms with Gasteiger partial charge in [0.05, 0.1) is 12.4 Å². The highest BCUT2D eigenvalue weighted by atomic mass is 32.2. The second kappa shape index (κ2) is 6.29. The normalized spacial score (nSPS) is 23.8. The maximum Gasteiger partial charge on any atom is 0.261 e. The van der Waals surface area contributed by atoms with Gasteiger partial charge in [0, 0.05) is 19.1 Å². The molecule has 1 aromatic rings. The highest BCUT2D eigenvalue weighted by Crippen LogP contribution is 2.20. The van der Waals surface area contributed by atoms with Crippen molar-refractivity contribution in [2.75, 3.05) is 12.8 Å². The summed E-state index contributed by atoms with van der Waals surface area (Å²) in [6.45, 7) is 3.84. The summed E-state index contributed by atoms with van der Waals surface area (Å²) in [4.78, 5) is 2.28. The van der Waals surface area contributed by atoms with Crippen LogP contribution in [0, 0.1) is 0 Å². The van der Waals surface area contributed by atoms with E-state index < -0.39 is 10.1 Å². The Morgan fingerprint density at radius 3 is 2.22 bits per heavy atom. The standard InChI is InChI=1S/C11H15NO.CH4O3S/c1-9-11(13)8-12(9)7-10-5-3-2-4-6-10;1-5(2,3)4/h2-6,9,11,13H,7-8H2,1H3;1H3,(H,2,3,4). The molecule has 6 heteroatoms. The number of rotatable bonds is 2. The molecule has 0 saturated carbocycles. The van der Waals surface area contributed by atoms with Crippen molar-refractivity contribution in [3.8, 4) is 0 Å². The molecule has 1 aliphatic rings. The number of hydrogen-bond acceptors (Lipinski definition) is 4. The first-order chi connectivity index (χ1) is 8.27. The number of hydrogen-bond donors (Lipinski definition) is 2. The van der Waals surface area contributed by atoms with Crippen molar-refractivity contribution in [2.24, 2.45) is 0 Å². The molecule has 0 radical (unpaired) electrons. The van der Waals surface area contributed by atoms with E-state index in [-0.39, 0.29) is 6.10 Å². The van der Waals surface area contributed by atoms with Gasteiger partial charge in [-0.25, -0.2) is 0 Å². The summed E-state index contributed by atoms with van der Waals surface area (Å²) in [6, 6.07) is 10.7. The van der Waals surface area contributed by atoms with Crippen molar-refractivity contribution in [1.82, 2.24) is 4.90 Å². The first kappa shape index (κ1) is 15.1. The van der Waals surface area contributed by atoms with Crippen molar-refractivity contribution in [2.45, 2.75) is 25.6 Å². The third kappa shape index (κ3) is 5.59. The Hall–Kier alpha value is -0.950. The molecule has 1 aromatic carbocycles. The lowest BCUT2D eigenvalue weighted by atomic mass is 10.0. The van der Waals surface area contributed by atoms with Crippen molar-refractivity contribution in [3.05, 3.63) is 35.9 Å². The lowest BCUT2D eigenvalue weighted by molar-refractivity contribution is -0.0571. The Kier molecular flexibility index (Phi) is 5.28. The van der Waals surface area contributed by atoms with Crippen LogP contribution in [-0.4, -0.2) is 47.9 Å². The second-order valence-electron chi connectivity index (χ2n) is 4.46. The van der Waals surface area contributed by atoms with Crippen molar-refractivity contribution in [1.29, 1.82) is 0 Å². The van der Waals surface area contributed by atoms with E-state index in [1.807, 2.05) is 6.07 Å². The average Bonchev–Trinajstić information content (AvgIpc) is 2.27. The van der Waals surface area contributed by atoms with Crippen LogP contribution >= 0.6 is 0 Å². The van der Waals surface area contributed by atoms with E-state index in [1.165, 1.54) is 5.56 Å². The SMILES string of the molecule is CC1C(O)CN1Cc1ccccc1.CS(=O)(=O)O. The highest BCUT2D eigenvalue weighted by molar-refractivity contribution is 7.85. The summed E-state index contributed by atoms with van der Waals surface area (Å²) < 4.78 is 25.9. The van der Waals surface area contributed by atoms with Gasteiger partial charge in [0.1, 0.15) is 0 Å². The zero-order valence-corrected chi connectivity index (χ0v) is 11.3. The number of likely N-dealkylation sites (tertiary alicyclic amines) is 1. The van der Waals surface area contributed by atoms with E-state index in [4.69, 9.17) is 4.55 Å². The molecule has 1 aliphatic heterocycles. The van der Waals surface area contributed by atoms with E-state index in [0.717, 1.165) is 13.1 Å². The minimum absolute atomic E-state index is 0.122. The van der Waals surface area contributed by atoms with Crippen LogP contribution in [0.25, 0.3) is 0 Å².